The van der Waals surface area contributed by atoms with Crippen LogP contribution in [0.15, 0.2) is 22.6 Å². The summed E-state index contributed by atoms with van der Waals surface area (Å²) in [5.41, 5.74) is 4.68. The summed E-state index contributed by atoms with van der Waals surface area (Å²) in [4.78, 5) is 55.4. The second kappa shape index (κ2) is 10.3. The van der Waals surface area contributed by atoms with Crippen molar-refractivity contribution in [1.29, 1.82) is 5.41 Å². The Bertz CT molecular complexity index is 1810. The molecule has 2 bridgehead atoms. The third-order valence-corrected chi connectivity index (χ3v) is 10.1. The number of fused-ring (bicyclic) bond motifs is 3. The number of guanidine groups is 1. The van der Waals surface area contributed by atoms with Gasteiger partial charge in [-0.15, -0.1) is 0 Å². The molecule has 4 saturated heterocycles. The number of amidine groups is 1. The molecule has 6 aliphatic rings. The highest BCUT2D eigenvalue weighted by molar-refractivity contribution is 7.47. The van der Waals surface area contributed by atoms with Crippen LogP contribution in [0.2, 0.25) is 0 Å². The van der Waals surface area contributed by atoms with E-state index in [1.54, 1.807) is 0 Å². The van der Waals surface area contributed by atoms with Crippen LogP contribution in [0.3, 0.4) is 0 Å². The van der Waals surface area contributed by atoms with Crippen LogP contribution < -0.4 is 11.1 Å². The van der Waals surface area contributed by atoms with E-state index < -0.39 is 95.3 Å². The van der Waals surface area contributed by atoms with Gasteiger partial charge in [-0.1, -0.05) is 0 Å². The molecule has 7 N–H and O–H groups in total. The van der Waals surface area contributed by atoms with Gasteiger partial charge in [-0.2, -0.15) is 4.99 Å². The number of nitrogens with one attached hydrogen (secondary N) is 2. The summed E-state index contributed by atoms with van der Waals surface area (Å²) in [6.07, 6.45) is -6.45. The average Bonchev–Trinajstić information content (AvgIpc) is 3.71. The van der Waals surface area contributed by atoms with Crippen molar-refractivity contribution in [1.82, 2.24) is 29.7 Å². The highest BCUT2D eigenvalue weighted by Gasteiger charge is 2.67. The monoisotopic (exact) mass is 686 g/mol. The first-order chi connectivity index (χ1) is 21.8. The van der Waals surface area contributed by atoms with Gasteiger partial charge in [0.05, 0.1) is 32.5 Å². The molecule has 25 heteroatoms. The SMILES string of the molecule is N=C1N=C2C(N=CN2[C@@H]2O[C@@]34COC3[C@@H]2OP(=O)(O)OC[C@H]2O[C@@H](n3cnc5c(N)ncnc53)[C@@H](O)C2OP(=O)(O)OC4)C(=O)N1. The fourth-order valence-electron chi connectivity index (χ4n) is 6.03. The predicted octanol–water partition coefficient (Wildman–Crippen LogP) is -2.65. The maximum absolute atomic E-state index is 13.4. The molecule has 2 aromatic heterocycles. The van der Waals surface area contributed by atoms with Crippen LogP contribution in [0.4, 0.5) is 5.82 Å². The fraction of sp³-hybridized carbons (Fsp3) is 0.571. The molecule has 5 unspecified atom stereocenters. The van der Waals surface area contributed by atoms with Crippen molar-refractivity contribution >= 4 is 56.7 Å². The second-order valence-electron chi connectivity index (χ2n) is 11.0. The average molecular weight is 686 g/mol. The molecule has 23 nitrogen and oxygen atoms in total. The number of phosphoric acid groups is 2. The molecule has 8 rings (SSSR count). The minimum absolute atomic E-state index is 0.0306. The lowest BCUT2D eigenvalue weighted by atomic mass is 9.91. The number of aliphatic imine (C=N–C) groups is 2. The third-order valence-electron chi connectivity index (χ3n) is 8.15. The van der Waals surface area contributed by atoms with Crippen LogP contribution in [0.25, 0.3) is 11.2 Å². The zero-order valence-electron chi connectivity index (χ0n) is 23.0. The van der Waals surface area contributed by atoms with Gasteiger partial charge in [-0.05, 0) is 0 Å². The molecule has 0 radical (unpaired) electrons. The van der Waals surface area contributed by atoms with Gasteiger partial charge in [0.2, 0.25) is 5.96 Å². The number of hydrogen-bond donors (Lipinski definition) is 6. The van der Waals surface area contributed by atoms with E-state index in [1.165, 1.54) is 22.1 Å². The Morgan fingerprint density at radius 2 is 1.87 bits per heavy atom. The van der Waals surface area contributed by atoms with Crippen LogP contribution in [-0.4, -0.2) is 132 Å². The van der Waals surface area contributed by atoms with Crippen molar-refractivity contribution in [2.75, 3.05) is 25.6 Å². The standard InChI is InChI=1S/C21H24N10O13P2/c22-14-8-15(25-4-24-14)30(5-26-8)18-10(32)11-7(41-18)1-39-45(34,35)44-12-13-21(2-38-13,3-40-46(36,37)43-11)42-19(12)31-6-27-9-16(31)28-20(23)29-17(9)33/h4-7,9-13,18-19,32H,1-3H2,(H,34,35)(H,36,37)(H2,22,24,25)(H2,23,29,33)/t7-,9?,10+,11?,12+,13?,18-,19-,21-/m1/s1. The molecule has 1 amide bonds. The number of anilines is 1. The predicted molar refractivity (Wildman–Crippen MR) is 146 cm³/mol. The minimum atomic E-state index is -5.04. The zero-order chi connectivity index (χ0) is 32.2. The summed E-state index contributed by atoms with van der Waals surface area (Å²) in [6, 6.07) is -1.13. The van der Waals surface area contributed by atoms with E-state index in [0.717, 1.165) is 6.33 Å². The van der Waals surface area contributed by atoms with E-state index in [2.05, 4.69) is 30.3 Å². The Kier molecular flexibility index (Phi) is 6.76. The number of carbonyl (C=O) groups is 1. The lowest BCUT2D eigenvalue weighted by Gasteiger charge is -2.43. The van der Waals surface area contributed by atoms with Crippen molar-refractivity contribution in [3.8, 4) is 0 Å². The normalized spacial score (nSPS) is 43.9. The first-order valence-corrected chi connectivity index (χ1v) is 16.5. The molecule has 0 aliphatic carbocycles. The molecule has 0 spiro atoms. The lowest BCUT2D eigenvalue weighted by molar-refractivity contribution is -0.243. The number of hydrogen-bond acceptors (Lipinski definition) is 18. The molecule has 8 heterocycles. The number of ether oxygens (including phenoxy) is 3. The summed E-state index contributed by atoms with van der Waals surface area (Å²) in [7, 11) is -10.1. The van der Waals surface area contributed by atoms with Crippen LogP contribution in [-0.2, 0) is 46.2 Å². The number of carbonyl (C=O) groups excluding carboxylic acids is 1. The van der Waals surface area contributed by atoms with Crippen LogP contribution in [0.5, 0.6) is 0 Å². The van der Waals surface area contributed by atoms with E-state index in [9.17, 15) is 28.8 Å². The molecular formula is C21H24N10O13P2. The smallest absolute Gasteiger partial charge is 0.386 e. The summed E-state index contributed by atoms with van der Waals surface area (Å²) in [5.74, 6) is -1.09. The summed E-state index contributed by atoms with van der Waals surface area (Å²) in [5, 5.41) is 21.3. The van der Waals surface area contributed by atoms with E-state index in [0.29, 0.717) is 0 Å². The molecule has 11 atom stereocenters. The highest BCUT2D eigenvalue weighted by atomic mass is 31.2. The maximum Gasteiger partial charge on any atom is 0.472 e. The Balaban J connectivity index is 1.10. The highest BCUT2D eigenvalue weighted by Crippen LogP contribution is 2.56. The van der Waals surface area contributed by atoms with Crippen LogP contribution in [0.1, 0.15) is 6.23 Å². The number of amides is 1. The Morgan fingerprint density at radius 1 is 1.09 bits per heavy atom. The molecule has 0 aromatic carbocycles. The topological polar surface area (TPSA) is 310 Å². The van der Waals surface area contributed by atoms with Gasteiger partial charge >= 0.3 is 15.6 Å². The van der Waals surface area contributed by atoms with Crippen LogP contribution >= 0.6 is 15.6 Å². The number of phosphoric ester groups is 2. The first-order valence-electron chi connectivity index (χ1n) is 13.5. The molecule has 6 aliphatic heterocycles. The van der Waals surface area contributed by atoms with Gasteiger partial charge in [-0.25, -0.2) is 24.1 Å². The van der Waals surface area contributed by atoms with E-state index in [1.807, 2.05) is 0 Å². The summed E-state index contributed by atoms with van der Waals surface area (Å²) in [6.45, 7) is -1.64. The van der Waals surface area contributed by atoms with Gasteiger partial charge in [0.15, 0.2) is 35.8 Å². The Morgan fingerprint density at radius 3 is 2.65 bits per heavy atom. The second-order valence-corrected chi connectivity index (χ2v) is 13.8. The molecule has 246 valence electrons. The third kappa shape index (κ3) is 4.71. The summed E-state index contributed by atoms with van der Waals surface area (Å²) >= 11 is 0. The van der Waals surface area contributed by atoms with Gasteiger partial charge in [-0.3, -0.25) is 48.1 Å². The first kappa shape index (κ1) is 30.1. The van der Waals surface area contributed by atoms with E-state index in [-0.39, 0.29) is 29.4 Å². The van der Waals surface area contributed by atoms with Gasteiger partial charge in [0.1, 0.15) is 48.0 Å². The summed E-state index contributed by atoms with van der Waals surface area (Å²) < 4.78 is 67.1. The number of rotatable bonds is 2. The number of aliphatic hydroxyl groups is 1. The van der Waals surface area contributed by atoms with E-state index >= 15 is 0 Å². The van der Waals surface area contributed by atoms with Crippen molar-refractivity contribution in [2.24, 2.45) is 9.98 Å². The molecule has 0 saturated carbocycles. The number of nitrogen functional groups attached to an aromatic ring is 1. The largest absolute Gasteiger partial charge is 0.472 e. The van der Waals surface area contributed by atoms with E-state index in [4.69, 9.17) is 43.4 Å². The van der Waals surface area contributed by atoms with Gasteiger partial charge in [0, 0.05) is 0 Å². The molecular weight excluding hydrogens is 662 g/mol. The van der Waals surface area contributed by atoms with Crippen molar-refractivity contribution in [2.45, 2.75) is 54.6 Å². The zero-order valence-corrected chi connectivity index (χ0v) is 24.8. The van der Waals surface area contributed by atoms with Crippen LogP contribution in [0, 0.1) is 5.41 Å². The van der Waals surface area contributed by atoms with Crippen molar-refractivity contribution in [3.63, 3.8) is 0 Å². The minimum Gasteiger partial charge on any atom is -0.386 e. The fourth-order valence-corrected chi connectivity index (χ4v) is 7.96. The molecule has 2 aromatic rings. The van der Waals surface area contributed by atoms with Gasteiger partial charge < -0.3 is 34.8 Å². The van der Waals surface area contributed by atoms with Gasteiger partial charge in [0.25, 0.3) is 5.91 Å². The number of nitrogens with two attached hydrogens (primary N) is 1. The number of aliphatic hydroxyl groups excluding tert-OH is 1. The lowest BCUT2D eigenvalue weighted by Crippen LogP contribution is -2.61. The van der Waals surface area contributed by atoms with Crippen molar-refractivity contribution in [3.05, 3.63) is 12.7 Å². The molecule has 46 heavy (non-hydrogen) atoms. The van der Waals surface area contributed by atoms with Crippen molar-refractivity contribution < 1.29 is 61.1 Å². The number of aromatic nitrogens is 4. The maximum atomic E-state index is 13.4. The Labute approximate surface area is 256 Å². The Hall–Kier alpha value is -3.31. The number of imidazole rings is 1. The quantitative estimate of drug-likeness (QED) is 0.176. The molecule has 4 fully saturated rings. The number of nitrogens with zero attached hydrogens (tertiary/aromatic N) is 7.